The molecule has 1 saturated heterocycles. The van der Waals surface area contributed by atoms with Gasteiger partial charge < -0.3 is 14.6 Å². The normalized spacial score (nSPS) is 14.2. The summed E-state index contributed by atoms with van der Waals surface area (Å²) in [7, 11) is 1.62. The summed E-state index contributed by atoms with van der Waals surface area (Å²) in [6, 6.07) is 12.0. The van der Waals surface area contributed by atoms with Gasteiger partial charge in [0.25, 0.3) is 5.91 Å². The predicted octanol–water partition coefficient (Wildman–Crippen LogP) is 2.51. The van der Waals surface area contributed by atoms with Crippen LogP contribution >= 0.6 is 0 Å². The maximum absolute atomic E-state index is 12.4. The van der Waals surface area contributed by atoms with Gasteiger partial charge in [-0.2, -0.15) is 0 Å². The molecule has 0 aliphatic carbocycles. The van der Waals surface area contributed by atoms with Crippen LogP contribution in [0.2, 0.25) is 0 Å². The van der Waals surface area contributed by atoms with E-state index in [2.05, 4.69) is 5.32 Å². The molecule has 0 atom stereocenters. The molecule has 26 heavy (non-hydrogen) atoms. The highest BCUT2D eigenvalue weighted by atomic mass is 16.4. The molecule has 132 valence electrons. The van der Waals surface area contributed by atoms with Crippen LogP contribution < -0.4 is 16.0 Å². The Labute approximate surface area is 148 Å². The maximum Gasteiger partial charge on any atom is 0.419 e. The number of carbonyl (C=O) groups excluding carboxylic acids is 2. The molecule has 1 aliphatic heterocycles. The van der Waals surface area contributed by atoms with E-state index in [9.17, 15) is 14.4 Å². The van der Waals surface area contributed by atoms with Gasteiger partial charge in [0, 0.05) is 43.0 Å². The van der Waals surface area contributed by atoms with Gasteiger partial charge in [0.1, 0.15) is 0 Å². The number of rotatable bonds is 3. The second-order valence-electron chi connectivity index (χ2n) is 6.26. The number of hydrogen-bond donors (Lipinski definition) is 1. The smallest absolute Gasteiger partial charge is 0.408 e. The van der Waals surface area contributed by atoms with Crippen LogP contribution in [0.5, 0.6) is 0 Å². The zero-order valence-electron chi connectivity index (χ0n) is 14.2. The highest BCUT2D eigenvalue weighted by molar-refractivity contribution is 6.05. The Morgan fingerprint density at radius 2 is 1.88 bits per heavy atom. The zero-order chi connectivity index (χ0) is 18.3. The molecule has 0 saturated carbocycles. The Morgan fingerprint density at radius 3 is 2.58 bits per heavy atom. The molecule has 0 radical (unpaired) electrons. The Morgan fingerprint density at radius 1 is 1.12 bits per heavy atom. The first-order chi connectivity index (χ1) is 12.5. The SMILES string of the molecule is Cn1c(=O)oc2cc(NC(=O)c3ccc(N4CCCC4=O)cc3)ccc21. The summed E-state index contributed by atoms with van der Waals surface area (Å²) < 4.78 is 6.53. The van der Waals surface area contributed by atoms with Crippen LogP contribution in [0, 0.1) is 0 Å². The number of amides is 2. The van der Waals surface area contributed by atoms with Crippen molar-refractivity contribution >= 4 is 34.3 Å². The monoisotopic (exact) mass is 351 g/mol. The third kappa shape index (κ3) is 2.77. The summed E-state index contributed by atoms with van der Waals surface area (Å²) in [6.07, 6.45) is 1.43. The highest BCUT2D eigenvalue weighted by Gasteiger charge is 2.21. The van der Waals surface area contributed by atoms with Gasteiger partial charge in [-0.25, -0.2) is 4.79 Å². The van der Waals surface area contributed by atoms with E-state index in [0.29, 0.717) is 35.3 Å². The Kier molecular flexibility index (Phi) is 3.84. The number of anilines is 2. The Bertz CT molecular complexity index is 1060. The van der Waals surface area contributed by atoms with Gasteiger partial charge in [0.15, 0.2) is 5.58 Å². The molecule has 4 rings (SSSR count). The summed E-state index contributed by atoms with van der Waals surface area (Å²) in [5.41, 5.74) is 2.90. The molecule has 1 N–H and O–H groups in total. The van der Waals surface area contributed by atoms with E-state index in [0.717, 1.165) is 12.1 Å². The summed E-state index contributed by atoms with van der Waals surface area (Å²) in [5.74, 6) is -0.614. The summed E-state index contributed by atoms with van der Waals surface area (Å²) in [6.45, 7) is 0.715. The first kappa shape index (κ1) is 16.1. The van der Waals surface area contributed by atoms with Crippen LogP contribution in [0.1, 0.15) is 23.2 Å². The lowest BCUT2D eigenvalue weighted by Gasteiger charge is -2.15. The van der Waals surface area contributed by atoms with Crippen LogP contribution in [0.15, 0.2) is 51.7 Å². The lowest BCUT2D eigenvalue weighted by atomic mass is 10.1. The van der Waals surface area contributed by atoms with Crippen molar-refractivity contribution in [3.63, 3.8) is 0 Å². The molecule has 0 spiro atoms. The first-order valence-corrected chi connectivity index (χ1v) is 8.34. The molecule has 1 aromatic heterocycles. The molecule has 2 aromatic carbocycles. The average Bonchev–Trinajstić information content (AvgIpc) is 3.18. The quantitative estimate of drug-likeness (QED) is 0.786. The summed E-state index contributed by atoms with van der Waals surface area (Å²) in [5, 5.41) is 2.79. The van der Waals surface area contributed by atoms with E-state index < -0.39 is 5.76 Å². The Hall–Kier alpha value is -3.35. The van der Waals surface area contributed by atoms with Crippen molar-refractivity contribution in [2.24, 2.45) is 7.05 Å². The van der Waals surface area contributed by atoms with Gasteiger partial charge >= 0.3 is 5.76 Å². The lowest BCUT2D eigenvalue weighted by molar-refractivity contribution is -0.117. The molecule has 7 nitrogen and oxygen atoms in total. The molecular formula is C19H17N3O4. The zero-order valence-corrected chi connectivity index (χ0v) is 14.2. The fraction of sp³-hybridized carbons (Fsp3) is 0.211. The number of nitrogens with one attached hydrogen (secondary N) is 1. The van der Waals surface area contributed by atoms with Crippen LogP contribution in [-0.4, -0.2) is 22.9 Å². The molecule has 3 aromatic rings. The van der Waals surface area contributed by atoms with E-state index in [1.807, 2.05) is 0 Å². The van der Waals surface area contributed by atoms with Gasteiger partial charge in [-0.3, -0.25) is 14.2 Å². The average molecular weight is 351 g/mol. The fourth-order valence-corrected chi connectivity index (χ4v) is 3.13. The van der Waals surface area contributed by atoms with Gasteiger partial charge in [0.2, 0.25) is 5.91 Å². The van der Waals surface area contributed by atoms with Crippen LogP contribution in [0.25, 0.3) is 11.1 Å². The van der Waals surface area contributed by atoms with Gasteiger partial charge in [-0.05, 0) is 42.8 Å². The van der Waals surface area contributed by atoms with Crippen molar-refractivity contribution < 1.29 is 14.0 Å². The number of aromatic nitrogens is 1. The highest BCUT2D eigenvalue weighted by Crippen LogP contribution is 2.22. The predicted molar refractivity (Wildman–Crippen MR) is 97.4 cm³/mol. The van der Waals surface area contributed by atoms with Crippen molar-refractivity contribution in [2.45, 2.75) is 12.8 Å². The molecular weight excluding hydrogens is 334 g/mol. The van der Waals surface area contributed by atoms with Crippen molar-refractivity contribution in [2.75, 3.05) is 16.8 Å². The number of hydrogen-bond acceptors (Lipinski definition) is 4. The molecule has 2 heterocycles. The summed E-state index contributed by atoms with van der Waals surface area (Å²) in [4.78, 5) is 37.5. The fourth-order valence-electron chi connectivity index (χ4n) is 3.13. The third-order valence-electron chi connectivity index (χ3n) is 4.56. The number of oxazole rings is 1. The number of carbonyl (C=O) groups is 2. The van der Waals surface area contributed by atoms with Crippen LogP contribution in [0.3, 0.4) is 0 Å². The van der Waals surface area contributed by atoms with Crippen LogP contribution in [-0.2, 0) is 11.8 Å². The van der Waals surface area contributed by atoms with Crippen molar-refractivity contribution in [1.82, 2.24) is 4.57 Å². The third-order valence-corrected chi connectivity index (χ3v) is 4.56. The molecule has 1 aliphatic rings. The maximum atomic E-state index is 12.4. The van der Waals surface area contributed by atoms with E-state index >= 15 is 0 Å². The van der Waals surface area contributed by atoms with Gasteiger partial charge in [0.05, 0.1) is 5.52 Å². The van der Waals surface area contributed by atoms with E-state index in [-0.39, 0.29) is 11.8 Å². The van der Waals surface area contributed by atoms with Crippen molar-refractivity contribution in [3.8, 4) is 0 Å². The standard InChI is InChI=1S/C19H17N3O4/c1-21-15-9-6-13(11-16(15)26-19(21)25)20-18(24)12-4-7-14(8-5-12)22-10-2-3-17(22)23/h4-9,11H,2-3,10H2,1H3,(H,20,24). The molecule has 7 heteroatoms. The molecule has 2 amide bonds. The summed E-state index contributed by atoms with van der Waals surface area (Å²) >= 11 is 0. The second kappa shape index (κ2) is 6.18. The van der Waals surface area contributed by atoms with Crippen molar-refractivity contribution in [3.05, 3.63) is 58.6 Å². The Balaban J connectivity index is 1.52. The second-order valence-corrected chi connectivity index (χ2v) is 6.26. The molecule has 0 bridgehead atoms. The molecule has 1 fully saturated rings. The van der Waals surface area contributed by atoms with E-state index in [4.69, 9.17) is 4.42 Å². The molecule has 0 unspecified atom stereocenters. The first-order valence-electron chi connectivity index (χ1n) is 8.34. The minimum absolute atomic E-state index is 0.111. The lowest BCUT2D eigenvalue weighted by Crippen LogP contribution is -2.23. The number of aryl methyl sites for hydroxylation is 1. The minimum atomic E-state index is -0.449. The number of benzene rings is 2. The largest absolute Gasteiger partial charge is 0.419 e. The van der Waals surface area contributed by atoms with Crippen LogP contribution in [0.4, 0.5) is 11.4 Å². The number of nitrogens with zero attached hydrogens (tertiary/aromatic N) is 2. The minimum Gasteiger partial charge on any atom is -0.408 e. The number of fused-ring (bicyclic) bond motifs is 1. The van der Waals surface area contributed by atoms with E-state index in [1.165, 1.54) is 4.57 Å². The van der Waals surface area contributed by atoms with Gasteiger partial charge in [-0.1, -0.05) is 0 Å². The van der Waals surface area contributed by atoms with Crippen molar-refractivity contribution in [1.29, 1.82) is 0 Å². The topological polar surface area (TPSA) is 84.6 Å². The van der Waals surface area contributed by atoms with Gasteiger partial charge in [-0.15, -0.1) is 0 Å². The van der Waals surface area contributed by atoms with E-state index in [1.54, 1.807) is 54.4 Å².